The maximum atomic E-state index is 13.3. The Morgan fingerprint density at radius 3 is 2.64 bits per heavy atom. The van der Waals surface area contributed by atoms with Crippen molar-refractivity contribution in [1.82, 2.24) is 0 Å². The molecular weight excluding hydrogens is 181 g/mol. The Hall–Kier alpha value is -1.09. The van der Waals surface area contributed by atoms with E-state index in [0.717, 1.165) is 12.8 Å². The summed E-state index contributed by atoms with van der Waals surface area (Å²) in [5, 5.41) is 9.70. The molecule has 3 heteroatoms. The second-order valence-electron chi connectivity index (χ2n) is 4.10. The van der Waals surface area contributed by atoms with E-state index in [0.29, 0.717) is 17.7 Å². The highest BCUT2D eigenvalue weighted by Crippen LogP contribution is 2.50. The van der Waals surface area contributed by atoms with Crippen LogP contribution in [0.2, 0.25) is 0 Å². The molecule has 76 valence electrons. The summed E-state index contributed by atoms with van der Waals surface area (Å²) < 4.78 is 13.3. The van der Waals surface area contributed by atoms with E-state index in [-0.39, 0.29) is 17.0 Å². The molecule has 0 unspecified atom stereocenters. The van der Waals surface area contributed by atoms with Crippen LogP contribution >= 0.6 is 0 Å². The zero-order chi connectivity index (χ0) is 10.3. The molecule has 1 aliphatic carbocycles. The lowest BCUT2D eigenvalue weighted by molar-refractivity contribution is 0.454. The fraction of sp³-hybridized carbons (Fsp3) is 0.455. The van der Waals surface area contributed by atoms with Crippen LogP contribution in [0.1, 0.15) is 24.0 Å². The summed E-state index contributed by atoms with van der Waals surface area (Å²) in [4.78, 5) is 0. The lowest BCUT2D eigenvalue weighted by Crippen LogP contribution is -2.20. The molecule has 0 atom stereocenters. The van der Waals surface area contributed by atoms with Crippen molar-refractivity contribution in [3.05, 3.63) is 29.1 Å². The van der Waals surface area contributed by atoms with Gasteiger partial charge in [0.25, 0.3) is 0 Å². The van der Waals surface area contributed by atoms with E-state index in [1.807, 2.05) is 0 Å². The molecule has 2 rings (SSSR count). The van der Waals surface area contributed by atoms with Gasteiger partial charge in [-0.3, -0.25) is 0 Å². The molecule has 0 saturated heterocycles. The second kappa shape index (κ2) is 2.95. The van der Waals surface area contributed by atoms with Crippen molar-refractivity contribution >= 4 is 0 Å². The van der Waals surface area contributed by atoms with Crippen molar-refractivity contribution < 1.29 is 9.50 Å². The Labute approximate surface area is 82.5 Å². The highest BCUT2D eigenvalue weighted by molar-refractivity contribution is 5.45. The van der Waals surface area contributed by atoms with Crippen molar-refractivity contribution in [2.75, 3.05) is 6.54 Å². The van der Waals surface area contributed by atoms with Crippen LogP contribution in [0.3, 0.4) is 0 Å². The van der Waals surface area contributed by atoms with Gasteiger partial charge in [0.1, 0.15) is 11.6 Å². The molecule has 1 saturated carbocycles. The van der Waals surface area contributed by atoms with Crippen molar-refractivity contribution in [2.45, 2.75) is 25.2 Å². The molecule has 14 heavy (non-hydrogen) atoms. The van der Waals surface area contributed by atoms with E-state index in [1.165, 1.54) is 12.1 Å². The van der Waals surface area contributed by atoms with Gasteiger partial charge in [0.2, 0.25) is 0 Å². The van der Waals surface area contributed by atoms with Gasteiger partial charge in [-0.05, 0) is 37.5 Å². The largest absolute Gasteiger partial charge is 0.508 e. The molecule has 1 fully saturated rings. The average molecular weight is 195 g/mol. The molecule has 0 heterocycles. The summed E-state index contributed by atoms with van der Waals surface area (Å²) >= 11 is 0. The smallest absolute Gasteiger partial charge is 0.126 e. The first-order valence-electron chi connectivity index (χ1n) is 4.79. The van der Waals surface area contributed by atoms with Gasteiger partial charge in [-0.15, -0.1) is 0 Å². The number of hydrogen-bond acceptors (Lipinski definition) is 2. The third-order valence-electron chi connectivity index (χ3n) is 3.09. The molecule has 2 nitrogen and oxygen atoms in total. The predicted molar refractivity (Wildman–Crippen MR) is 52.8 cm³/mol. The number of halogens is 1. The molecule has 3 N–H and O–H groups in total. The SMILES string of the molecule is Cc1cc(O)c(C2(CN)CC2)cc1F. The van der Waals surface area contributed by atoms with Crippen molar-refractivity contribution in [3.63, 3.8) is 0 Å². The van der Waals surface area contributed by atoms with Gasteiger partial charge in [-0.2, -0.15) is 0 Å². The second-order valence-corrected chi connectivity index (χ2v) is 4.10. The lowest BCUT2D eigenvalue weighted by atomic mass is 9.94. The van der Waals surface area contributed by atoms with Gasteiger partial charge in [0.05, 0.1) is 0 Å². The number of hydrogen-bond donors (Lipinski definition) is 2. The molecule has 1 aromatic carbocycles. The summed E-state index contributed by atoms with van der Waals surface area (Å²) in [6, 6.07) is 2.89. The molecule has 0 aromatic heterocycles. The van der Waals surface area contributed by atoms with Crippen LogP contribution < -0.4 is 5.73 Å². The Kier molecular flexibility index (Phi) is 2.00. The molecule has 0 aliphatic heterocycles. The van der Waals surface area contributed by atoms with Crippen LogP contribution in [-0.2, 0) is 5.41 Å². The molecule has 0 spiro atoms. The fourth-order valence-corrected chi connectivity index (χ4v) is 1.83. The van der Waals surface area contributed by atoms with Crippen LogP contribution in [0.15, 0.2) is 12.1 Å². The topological polar surface area (TPSA) is 46.2 Å². The van der Waals surface area contributed by atoms with Gasteiger partial charge >= 0.3 is 0 Å². The van der Waals surface area contributed by atoms with Crippen molar-refractivity contribution in [1.29, 1.82) is 0 Å². The first-order valence-corrected chi connectivity index (χ1v) is 4.79. The van der Waals surface area contributed by atoms with Crippen LogP contribution in [-0.4, -0.2) is 11.7 Å². The average Bonchev–Trinajstić information content (AvgIpc) is 2.92. The lowest BCUT2D eigenvalue weighted by Gasteiger charge is -2.15. The van der Waals surface area contributed by atoms with Crippen LogP contribution in [0, 0.1) is 12.7 Å². The monoisotopic (exact) mass is 195 g/mol. The fourth-order valence-electron chi connectivity index (χ4n) is 1.83. The first kappa shape index (κ1) is 9.46. The molecule has 1 aliphatic rings. The summed E-state index contributed by atoms with van der Waals surface area (Å²) in [5.74, 6) is -0.0932. The Balaban J connectivity index is 2.49. The third-order valence-corrected chi connectivity index (χ3v) is 3.09. The zero-order valence-corrected chi connectivity index (χ0v) is 8.18. The van der Waals surface area contributed by atoms with Gasteiger partial charge in [0.15, 0.2) is 0 Å². The van der Waals surface area contributed by atoms with Gasteiger partial charge in [-0.25, -0.2) is 4.39 Å². The van der Waals surface area contributed by atoms with Crippen molar-refractivity contribution in [3.8, 4) is 5.75 Å². The van der Waals surface area contributed by atoms with Crippen LogP contribution in [0.25, 0.3) is 0 Å². The minimum absolute atomic E-state index is 0.154. The number of nitrogens with two attached hydrogens (primary N) is 1. The summed E-state index contributed by atoms with van der Waals surface area (Å²) in [7, 11) is 0. The standard InChI is InChI=1S/C11H14FNO/c1-7-4-10(14)8(5-9(7)12)11(6-13)2-3-11/h4-5,14H,2-3,6,13H2,1H3. The minimum Gasteiger partial charge on any atom is -0.508 e. The molecule has 1 aromatic rings. The third kappa shape index (κ3) is 1.28. The molecule has 0 bridgehead atoms. The highest BCUT2D eigenvalue weighted by Gasteiger charge is 2.44. The van der Waals surface area contributed by atoms with E-state index >= 15 is 0 Å². The van der Waals surface area contributed by atoms with Gasteiger partial charge in [-0.1, -0.05) is 0 Å². The number of benzene rings is 1. The first-order chi connectivity index (χ1) is 6.59. The molecule has 0 amide bonds. The molecular formula is C11H14FNO. The number of phenolic OH excluding ortho intramolecular Hbond substituents is 1. The summed E-state index contributed by atoms with van der Waals surface area (Å²) in [6.07, 6.45) is 1.89. The van der Waals surface area contributed by atoms with Crippen molar-refractivity contribution in [2.24, 2.45) is 5.73 Å². The van der Waals surface area contributed by atoms with E-state index in [9.17, 15) is 9.50 Å². The van der Waals surface area contributed by atoms with Gasteiger partial charge < -0.3 is 10.8 Å². The molecule has 0 radical (unpaired) electrons. The Bertz CT molecular complexity index is 372. The maximum absolute atomic E-state index is 13.3. The number of aryl methyl sites for hydroxylation is 1. The highest BCUT2D eigenvalue weighted by atomic mass is 19.1. The van der Waals surface area contributed by atoms with E-state index in [2.05, 4.69) is 0 Å². The van der Waals surface area contributed by atoms with E-state index < -0.39 is 0 Å². The van der Waals surface area contributed by atoms with E-state index in [4.69, 9.17) is 5.73 Å². The normalized spacial score (nSPS) is 18.2. The van der Waals surface area contributed by atoms with E-state index in [1.54, 1.807) is 6.92 Å². The Morgan fingerprint density at radius 2 is 2.14 bits per heavy atom. The van der Waals surface area contributed by atoms with Crippen LogP contribution in [0.5, 0.6) is 5.75 Å². The number of aromatic hydroxyl groups is 1. The van der Waals surface area contributed by atoms with Gasteiger partial charge in [0, 0.05) is 17.5 Å². The number of rotatable bonds is 2. The quantitative estimate of drug-likeness (QED) is 0.756. The summed E-state index contributed by atoms with van der Waals surface area (Å²) in [6.45, 7) is 2.11. The predicted octanol–water partition coefficient (Wildman–Crippen LogP) is 1.83. The maximum Gasteiger partial charge on any atom is 0.126 e. The number of phenols is 1. The van der Waals surface area contributed by atoms with Crippen LogP contribution in [0.4, 0.5) is 4.39 Å². The minimum atomic E-state index is -0.266. The zero-order valence-electron chi connectivity index (χ0n) is 8.18. The summed E-state index contributed by atoms with van der Waals surface area (Å²) in [5.41, 5.74) is 6.61. The Morgan fingerprint density at radius 1 is 1.50 bits per heavy atom.